The molecule has 2 aromatic carbocycles. The third kappa shape index (κ3) is 27.4. The fraction of sp³-hybridized carbons (Fsp3) is 0.673. The Balaban J connectivity index is 1.02. The minimum Gasteiger partial charge on any atom is -0.480 e. The molecule has 0 aliphatic heterocycles. The van der Waals surface area contributed by atoms with Gasteiger partial charge in [0.2, 0.25) is 17.7 Å². The van der Waals surface area contributed by atoms with Crippen LogP contribution in [0.1, 0.15) is 184 Å². The van der Waals surface area contributed by atoms with Crippen LogP contribution in [-0.4, -0.2) is 106 Å². The summed E-state index contributed by atoms with van der Waals surface area (Å²) in [5, 5.41) is 20.6. The Kier molecular flexibility index (Phi) is 32.8. The van der Waals surface area contributed by atoms with E-state index in [2.05, 4.69) is 28.2 Å². The molecule has 5 N–H and O–H groups in total. The van der Waals surface area contributed by atoms with Gasteiger partial charge in [-0.3, -0.25) is 19.2 Å². The molecule has 0 heterocycles. The van der Waals surface area contributed by atoms with Gasteiger partial charge in [-0.2, -0.15) is 0 Å². The highest BCUT2D eigenvalue weighted by Crippen LogP contribution is 2.44. The zero-order chi connectivity index (χ0) is 50.3. The summed E-state index contributed by atoms with van der Waals surface area (Å²) in [4.78, 5) is 72.5. The molecule has 3 rings (SSSR count). The summed E-state index contributed by atoms with van der Waals surface area (Å²) in [6.07, 6.45) is 23.7. The lowest BCUT2D eigenvalue weighted by Crippen LogP contribution is -2.41. The van der Waals surface area contributed by atoms with E-state index in [4.69, 9.17) is 18.9 Å². The van der Waals surface area contributed by atoms with E-state index >= 15 is 0 Å². The van der Waals surface area contributed by atoms with Crippen molar-refractivity contribution in [2.45, 2.75) is 179 Å². The maximum Gasteiger partial charge on any atom is 0.407 e. The maximum absolute atomic E-state index is 12.6. The quantitative estimate of drug-likeness (QED) is 0.0312. The predicted octanol–water partition coefficient (Wildman–Crippen LogP) is 9.68. The van der Waals surface area contributed by atoms with E-state index in [1.165, 1.54) is 77.0 Å². The molecule has 0 aromatic heterocycles. The highest BCUT2D eigenvalue weighted by Gasteiger charge is 2.30. The molecule has 0 bridgehead atoms. The van der Waals surface area contributed by atoms with Gasteiger partial charge < -0.3 is 45.3 Å². The fourth-order valence-corrected chi connectivity index (χ4v) is 8.53. The number of benzene rings is 2. The fourth-order valence-electron chi connectivity index (χ4n) is 8.53. The third-order valence-electron chi connectivity index (χ3n) is 12.5. The lowest BCUT2D eigenvalue weighted by Gasteiger charge is -2.17. The van der Waals surface area contributed by atoms with Gasteiger partial charge in [0.1, 0.15) is 19.3 Å². The number of ether oxygens (including phenoxy) is 4. The molecule has 2 aromatic rings. The van der Waals surface area contributed by atoms with Crippen molar-refractivity contribution >= 4 is 35.8 Å². The highest BCUT2D eigenvalue weighted by atomic mass is 16.6. The van der Waals surface area contributed by atoms with E-state index < -0.39 is 18.1 Å². The second-order valence-corrected chi connectivity index (χ2v) is 18.4. The summed E-state index contributed by atoms with van der Waals surface area (Å²) in [7, 11) is 0. The Bertz CT molecular complexity index is 1750. The summed E-state index contributed by atoms with van der Waals surface area (Å²) < 4.78 is 21.5. The maximum atomic E-state index is 12.6. The molecular formula is C55H86N4O11. The zero-order valence-corrected chi connectivity index (χ0v) is 42.3. The number of carboxylic acids is 1. The number of carbonyl (C=O) groups excluding carboxylic acids is 5. The Morgan fingerprint density at radius 2 is 1.01 bits per heavy atom. The summed E-state index contributed by atoms with van der Waals surface area (Å²) in [5.74, 6) is -1.70. The van der Waals surface area contributed by atoms with E-state index in [1.54, 1.807) is 0 Å². The molecule has 0 saturated carbocycles. The monoisotopic (exact) mass is 979 g/mol. The third-order valence-corrected chi connectivity index (χ3v) is 12.5. The molecule has 1 atom stereocenters. The first-order valence-electron chi connectivity index (χ1n) is 26.6. The average molecular weight is 979 g/mol. The van der Waals surface area contributed by atoms with E-state index in [-0.39, 0.29) is 62.5 Å². The van der Waals surface area contributed by atoms with Crippen LogP contribution in [-0.2, 0) is 42.9 Å². The molecule has 1 aliphatic carbocycles. The van der Waals surface area contributed by atoms with E-state index in [0.29, 0.717) is 71.4 Å². The van der Waals surface area contributed by atoms with Crippen molar-refractivity contribution in [3.05, 3.63) is 59.7 Å². The van der Waals surface area contributed by atoms with Gasteiger partial charge in [0.15, 0.2) is 0 Å². The Hall–Kier alpha value is -5.02. The standard InChI is InChI=1S/C55H86N4O11/c1-2-3-38-69-53(63)34-19-17-15-13-11-9-7-5-4-6-8-10-12-14-16-18-32-50(60)56-36-26-33-51(61)58-37-39-67-40-41-68-43-52(62)57-35-25-24-31-49(54(64)65)59-55(66)70-42-48-46-29-22-20-27-44(46)45-28-21-23-30-47(45)48/h20-23,27-30,48-49H,2-19,24-26,31-43H2,1H3,(H,56,60)(H,57,62)(H,58,61)(H,59,66)(H,64,65)/t49-/m0/s1. The number of hydrogen-bond donors (Lipinski definition) is 5. The number of fused-ring (bicyclic) bond motifs is 3. The number of rotatable bonds is 43. The topological polar surface area (TPSA) is 208 Å². The van der Waals surface area contributed by atoms with Crippen molar-refractivity contribution in [1.82, 2.24) is 21.3 Å². The van der Waals surface area contributed by atoms with Crippen LogP contribution in [0.4, 0.5) is 4.79 Å². The normalized spacial score (nSPS) is 12.1. The van der Waals surface area contributed by atoms with Crippen molar-refractivity contribution in [2.75, 3.05) is 59.3 Å². The first-order chi connectivity index (χ1) is 34.2. The molecule has 0 spiro atoms. The zero-order valence-electron chi connectivity index (χ0n) is 42.3. The second-order valence-electron chi connectivity index (χ2n) is 18.4. The molecular weight excluding hydrogens is 893 g/mol. The Labute approximate surface area is 418 Å². The van der Waals surface area contributed by atoms with Gasteiger partial charge in [0.25, 0.3) is 0 Å². The minimum atomic E-state index is -1.16. The molecule has 0 radical (unpaired) electrons. The molecule has 15 heteroatoms. The Morgan fingerprint density at radius 1 is 0.514 bits per heavy atom. The van der Waals surface area contributed by atoms with Crippen LogP contribution >= 0.6 is 0 Å². The first kappa shape index (κ1) is 59.3. The van der Waals surface area contributed by atoms with Crippen molar-refractivity contribution in [3.8, 4) is 11.1 Å². The molecule has 15 nitrogen and oxygen atoms in total. The number of carboxylic acid groups (broad SMARTS) is 1. The summed E-state index contributed by atoms with van der Waals surface area (Å²) in [6.45, 7) is 4.51. The lowest BCUT2D eigenvalue weighted by atomic mass is 9.98. The van der Waals surface area contributed by atoms with Gasteiger partial charge in [-0.15, -0.1) is 0 Å². The lowest BCUT2D eigenvalue weighted by molar-refractivity contribution is -0.144. The molecule has 70 heavy (non-hydrogen) atoms. The molecule has 0 unspecified atom stereocenters. The van der Waals surface area contributed by atoms with Crippen molar-refractivity contribution < 1.29 is 52.8 Å². The summed E-state index contributed by atoms with van der Waals surface area (Å²) >= 11 is 0. The van der Waals surface area contributed by atoms with Crippen LogP contribution in [0, 0.1) is 0 Å². The SMILES string of the molecule is CCCCOC(=O)CCCCCCCCCCCCCCCCCCC(=O)NCCCC(=O)NCCOCCOCC(=O)NCCCC[C@H](NC(=O)OCC1c2ccccc2-c2ccccc21)C(=O)O. The number of unbranched alkanes of at least 4 members (excludes halogenated alkanes) is 17. The van der Waals surface area contributed by atoms with Crippen molar-refractivity contribution in [2.24, 2.45) is 0 Å². The van der Waals surface area contributed by atoms with Gasteiger partial charge in [-0.25, -0.2) is 9.59 Å². The average Bonchev–Trinajstić information content (AvgIpc) is 3.67. The predicted molar refractivity (Wildman–Crippen MR) is 272 cm³/mol. The number of carbonyl (C=O) groups is 6. The van der Waals surface area contributed by atoms with Gasteiger partial charge in [-0.1, -0.05) is 152 Å². The number of amides is 4. The van der Waals surface area contributed by atoms with Gasteiger partial charge >= 0.3 is 18.0 Å². The van der Waals surface area contributed by atoms with Crippen LogP contribution in [0.5, 0.6) is 0 Å². The molecule has 0 saturated heterocycles. The van der Waals surface area contributed by atoms with Crippen LogP contribution in [0.25, 0.3) is 11.1 Å². The molecule has 4 amide bonds. The van der Waals surface area contributed by atoms with E-state index in [9.17, 15) is 33.9 Å². The second kappa shape index (κ2) is 38.7. The molecule has 0 fully saturated rings. The van der Waals surface area contributed by atoms with Crippen molar-refractivity contribution in [3.63, 3.8) is 0 Å². The largest absolute Gasteiger partial charge is 0.480 e. The van der Waals surface area contributed by atoms with Gasteiger partial charge in [0, 0.05) is 44.8 Å². The summed E-state index contributed by atoms with van der Waals surface area (Å²) in [5.41, 5.74) is 4.34. The molecule has 1 aliphatic rings. The first-order valence-corrected chi connectivity index (χ1v) is 26.6. The summed E-state index contributed by atoms with van der Waals surface area (Å²) in [6, 6.07) is 14.8. The number of esters is 1. The number of nitrogens with one attached hydrogen (secondary N) is 4. The smallest absolute Gasteiger partial charge is 0.407 e. The number of hydrogen-bond acceptors (Lipinski definition) is 10. The van der Waals surface area contributed by atoms with Gasteiger partial charge in [0.05, 0.1) is 26.4 Å². The van der Waals surface area contributed by atoms with E-state index in [1.807, 2.05) is 48.5 Å². The minimum absolute atomic E-state index is 0.0400. The Morgan fingerprint density at radius 3 is 1.60 bits per heavy atom. The van der Waals surface area contributed by atoms with Crippen LogP contribution < -0.4 is 21.3 Å². The number of alkyl carbamates (subject to hydrolysis) is 1. The van der Waals surface area contributed by atoms with Crippen LogP contribution in [0.3, 0.4) is 0 Å². The highest BCUT2D eigenvalue weighted by molar-refractivity contribution is 5.81. The van der Waals surface area contributed by atoms with Crippen LogP contribution in [0.2, 0.25) is 0 Å². The number of aliphatic carboxylic acids is 1. The van der Waals surface area contributed by atoms with E-state index in [0.717, 1.165) is 60.8 Å². The van der Waals surface area contributed by atoms with Gasteiger partial charge in [-0.05, 0) is 67.2 Å². The van der Waals surface area contributed by atoms with Crippen LogP contribution in [0.15, 0.2) is 48.5 Å². The van der Waals surface area contributed by atoms with Crippen molar-refractivity contribution in [1.29, 1.82) is 0 Å². The molecule has 392 valence electrons.